The predicted octanol–water partition coefficient (Wildman–Crippen LogP) is 2.76. The first-order valence-corrected chi connectivity index (χ1v) is 10.9. The van der Waals surface area contributed by atoms with Gasteiger partial charge in [0.05, 0.1) is 5.75 Å². The Hall–Kier alpha value is -3.13. The summed E-state index contributed by atoms with van der Waals surface area (Å²) in [5, 5.41) is 12.2. The zero-order valence-corrected chi connectivity index (χ0v) is 17.5. The Kier molecular flexibility index (Phi) is 6.13. The number of nitrogens with one attached hydrogen (secondary N) is 1. The van der Waals surface area contributed by atoms with Crippen LogP contribution in [0.1, 0.15) is 13.3 Å². The van der Waals surface area contributed by atoms with Gasteiger partial charge in [-0.1, -0.05) is 67.2 Å². The van der Waals surface area contributed by atoms with Crippen LogP contribution in [-0.2, 0) is 9.59 Å². The van der Waals surface area contributed by atoms with E-state index in [-0.39, 0.29) is 17.6 Å². The summed E-state index contributed by atoms with van der Waals surface area (Å²) < 4.78 is 1.97. The van der Waals surface area contributed by atoms with Gasteiger partial charge in [0.25, 0.3) is 0 Å². The summed E-state index contributed by atoms with van der Waals surface area (Å²) in [6.07, 6.45) is 0.598. The molecular formula is C22H23N5O2S. The molecule has 1 aromatic heterocycles. The van der Waals surface area contributed by atoms with Crippen molar-refractivity contribution in [2.24, 2.45) is 0 Å². The molecule has 1 fully saturated rings. The largest absolute Gasteiger partial charge is 0.353 e. The Balaban J connectivity index is 1.59. The minimum atomic E-state index is -0.404. The van der Waals surface area contributed by atoms with Gasteiger partial charge < -0.3 is 10.2 Å². The van der Waals surface area contributed by atoms with Gasteiger partial charge in [0.2, 0.25) is 11.8 Å². The number of benzene rings is 2. The van der Waals surface area contributed by atoms with E-state index >= 15 is 0 Å². The van der Waals surface area contributed by atoms with Crippen molar-refractivity contribution in [3.05, 3.63) is 60.7 Å². The van der Waals surface area contributed by atoms with Crippen LogP contribution < -0.4 is 5.32 Å². The average molecular weight is 422 g/mol. The second kappa shape index (κ2) is 9.13. The van der Waals surface area contributed by atoms with Crippen molar-refractivity contribution < 1.29 is 9.59 Å². The average Bonchev–Trinajstić information content (AvgIpc) is 3.22. The van der Waals surface area contributed by atoms with Crippen LogP contribution in [0.5, 0.6) is 0 Å². The van der Waals surface area contributed by atoms with Gasteiger partial charge in [-0.25, -0.2) is 0 Å². The zero-order valence-electron chi connectivity index (χ0n) is 16.7. The first kappa shape index (κ1) is 20.2. The number of rotatable bonds is 6. The zero-order chi connectivity index (χ0) is 20.9. The quantitative estimate of drug-likeness (QED) is 0.619. The molecule has 1 unspecified atom stereocenters. The van der Waals surface area contributed by atoms with E-state index in [4.69, 9.17) is 0 Å². The smallest absolute Gasteiger partial charge is 0.242 e. The van der Waals surface area contributed by atoms with Crippen LogP contribution >= 0.6 is 11.8 Å². The van der Waals surface area contributed by atoms with E-state index in [1.165, 1.54) is 11.8 Å². The lowest BCUT2D eigenvalue weighted by atomic mass is 10.1. The van der Waals surface area contributed by atoms with E-state index < -0.39 is 6.04 Å². The number of thioether (sulfide) groups is 1. The van der Waals surface area contributed by atoms with Crippen LogP contribution in [0.15, 0.2) is 65.8 Å². The van der Waals surface area contributed by atoms with Gasteiger partial charge in [-0.3, -0.25) is 14.2 Å². The molecule has 3 aromatic rings. The van der Waals surface area contributed by atoms with Crippen molar-refractivity contribution >= 4 is 23.6 Å². The van der Waals surface area contributed by atoms with Crippen molar-refractivity contribution in [3.63, 3.8) is 0 Å². The van der Waals surface area contributed by atoms with E-state index in [1.54, 1.807) is 4.90 Å². The molecule has 0 aliphatic carbocycles. The maximum atomic E-state index is 12.9. The van der Waals surface area contributed by atoms with Crippen LogP contribution in [0.2, 0.25) is 0 Å². The molecule has 7 nitrogen and oxygen atoms in total. The lowest BCUT2D eigenvalue weighted by Crippen LogP contribution is -2.57. The SMILES string of the molecule is CCC1C(=O)NCCN1C(=O)CSc1nnc(-c2ccccc2)n1-c1ccccc1. The molecule has 2 amide bonds. The number of hydrogen-bond donors (Lipinski definition) is 1. The Morgan fingerprint density at radius 1 is 1.10 bits per heavy atom. The van der Waals surface area contributed by atoms with Crippen molar-refractivity contribution in [1.82, 2.24) is 25.0 Å². The van der Waals surface area contributed by atoms with Crippen molar-refractivity contribution in [3.8, 4) is 17.1 Å². The minimum absolute atomic E-state index is 0.0643. The summed E-state index contributed by atoms with van der Waals surface area (Å²) in [5.74, 6) is 0.774. The van der Waals surface area contributed by atoms with Crippen LogP contribution in [0, 0.1) is 0 Å². The number of amides is 2. The topological polar surface area (TPSA) is 80.1 Å². The maximum absolute atomic E-state index is 12.9. The third-order valence-electron chi connectivity index (χ3n) is 5.04. The molecule has 1 saturated heterocycles. The van der Waals surface area contributed by atoms with E-state index in [2.05, 4.69) is 15.5 Å². The highest BCUT2D eigenvalue weighted by Crippen LogP contribution is 2.28. The Bertz CT molecular complexity index is 1020. The number of carbonyl (C=O) groups is 2. The van der Waals surface area contributed by atoms with E-state index in [0.29, 0.717) is 24.7 Å². The van der Waals surface area contributed by atoms with E-state index in [9.17, 15) is 9.59 Å². The highest BCUT2D eigenvalue weighted by Gasteiger charge is 2.31. The molecule has 1 N–H and O–H groups in total. The molecule has 0 bridgehead atoms. The van der Waals surface area contributed by atoms with Crippen molar-refractivity contribution in [2.45, 2.75) is 24.5 Å². The lowest BCUT2D eigenvalue weighted by Gasteiger charge is -2.34. The molecule has 0 radical (unpaired) electrons. The number of nitrogens with zero attached hydrogens (tertiary/aromatic N) is 4. The molecule has 1 aliphatic heterocycles. The first-order valence-electron chi connectivity index (χ1n) is 9.95. The molecule has 2 heterocycles. The Morgan fingerprint density at radius 3 is 2.50 bits per heavy atom. The van der Waals surface area contributed by atoms with Gasteiger partial charge in [-0.05, 0) is 18.6 Å². The summed E-state index contributed by atoms with van der Waals surface area (Å²) in [5.41, 5.74) is 1.88. The molecule has 1 atom stereocenters. The highest BCUT2D eigenvalue weighted by molar-refractivity contribution is 7.99. The first-order chi connectivity index (χ1) is 14.7. The van der Waals surface area contributed by atoms with Crippen LogP contribution in [0.4, 0.5) is 0 Å². The normalized spacial score (nSPS) is 16.4. The molecule has 30 heavy (non-hydrogen) atoms. The molecule has 0 saturated carbocycles. The van der Waals surface area contributed by atoms with Crippen LogP contribution in [-0.4, -0.2) is 56.4 Å². The summed E-state index contributed by atoms with van der Waals surface area (Å²) in [6, 6.07) is 19.3. The minimum Gasteiger partial charge on any atom is -0.353 e. The number of piperazine rings is 1. The second-order valence-corrected chi connectivity index (χ2v) is 7.88. The fraction of sp³-hybridized carbons (Fsp3) is 0.273. The molecular weight excluding hydrogens is 398 g/mol. The Morgan fingerprint density at radius 2 is 1.80 bits per heavy atom. The monoisotopic (exact) mass is 421 g/mol. The lowest BCUT2D eigenvalue weighted by molar-refractivity contribution is -0.141. The molecule has 1 aliphatic rings. The number of hydrogen-bond acceptors (Lipinski definition) is 5. The molecule has 0 spiro atoms. The third kappa shape index (κ3) is 4.09. The summed E-state index contributed by atoms with van der Waals surface area (Å²) >= 11 is 1.34. The van der Waals surface area contributed by atoms with E-state index in [0.717, 1.165) is 17.1 Å². The van der Waals surface area contributed by atoms with Gasteiger partial charge in [0.1, 0.15) is 6.04 Å². The summed E-state index contributed by atoms with van der Waals surface area (Å²) in [7, 11) is 0. The number of carbonyl (C=O) groups excluding carboxylic acids is 2. The molecule has 4 rings (SSSR count). The molecule has 8 heteroatoms. The van der Waals surface area contributed by atoms with Gasteiger partial charge in [-0.2, -0.15) is 0 Å². The van der Waals surface area contributed by atoms with Crippen molar-refractivity contribution in [2.75, 3.05) is 18.8 Å². The second-order valence-electron chi connectivity index (χ2n) is 6.93. The van der Waals surface area contributed by atoms with Gasteiger partial charge >= 0.3 is 0 Å². The fourth-order valence-corrected chi connectivity index (χ4v) is 4.41. The Labute approximate surface area is 179 Å². The van der Waals surface area contributed by atoms with Gasteiger partial charge in [0, 0.05) is 24.3 Å². The molecule has 154 valence electrons. The van der Waals surface area contributed by atoms with Crippen LogP contribution in [0.25, 0.3) is 17.1 Å². The van der Waals surface area contributed by atoms with E-state index in [1.807, 2.05) is 72.2 Å². The number of para-hydroxylation sites is 1. The number of aromatic nitrogens is 3. The van der Waals surface area contributed by atoms with Gasteiger partial charge in [0.15, 0.2) is 11.0 Å². The summed E-state index contributed by atoms with van der Waals surface area (Å²) in [6.45, 7) is 2.94. The van der Waals surface area contributed by atoms with Gasteiger partial charge in [-0.15, -0.1) is 10.2 Å². The predicted molar refractivity (Wildman–Crippen MR) is 116 cm³/mol. The van der Waals surface area contributed by atoms with Crippen LogP contribution in [0.3, 0.4) is 0 Å². The standard InChI is InChI=1S/C22H23N5O2S/c1-2-18-21(29)23-13-14-26(18)19(28)15-30-22-25-24-20(16-9-5-3-6-10-16)27(22)17-11-7-4-8-12-17/h3-12,18H,2,13-15H2,1H3,(H,23,29). The fourth-order valence-electron chi connectivity index (χ4n) is 3.58. The third-order valence-corrected chi connectivity index (χ3v) is 5.96. The summed E-state index contributed by atoms with van der Waals surface area (Å²) in [4.78, 5) is 26.6. The maximum Gasteiger partial charge on any atom is 0.242 e. The van der Waals surface area contributed by atoms with Crippen molar-refractivity contribution in [1.29, 1.82) is 0 Å². The molecule has 2 aromatic carbocycles. The highest BCUT2D eigenvalue weighted by atomic mass is 32.2.